The highest BCUT2D eigenvalue weighted by Gasteiger charge is 1.96. The van der Waals surface area contributed by atoms with E-state index >= 15 is 0 Å². The van der Waals surface area contributed by atoms with Crippen molar-refractivity contribution in [2.75, 3.05) is 13.7 Å². The van der Waals surface area contributed by atoms with E-state index < -0.39 is 0 Å². The van der Waals surface area contributed by atoms with Crippen LogP contribution in [-0.2, 0) is 14.4 Å². The molecular weight excluding hydrogens is 122 g/mol. The number of ether oxygens (including phenoxy) is 1. The van der Waals surface area contributed by atoms with E-state index in [0.29, 0.717) is 12.8 Å². The van der Waals surface area contributed by atoms with Gasteiger partial charge in [-0.2, -0.15) is 0 Å². The molecule has 0 saturated heterocycles. The van der Waals surface area contributed by atoms with E-state index in [1.807, 2.05) is 0 Å². The molecule has 0 atom stereocenters. The smallest absolute Gasteiger partial charge is 0.305 e. The number of carbonyl (C=O) groups excluding carboxylic acids is 1. The number of hydrogen-bond donors (Lipinski definition) is 0. The third kappa shape index (κ3) is 5.26. The number of methoxy groups -OCH3 is 1. The molecule has 0 aromatic rings. The Labute approximate surface area is 53.9 Å². The highest BCUT2D eigenvalue weighted by Crippen LogP contribution is 1.91. The minimum atomic E-state index is -0.257. The molecule has 0 fully saturated rings. The summed E-state index contributed by atoms with van der Waals surface area (Å²) in [5, 5.41) is 0. The molecule has 1 N–H and O–H groups in total. The van der Waals surface area contributed by atoms with E-state index in [9.17, 15) is 4.79 Å². The van der Waals surface area contributed by atoms with Crippen LogP contribution in [0.25, 0.3) is 5.90 Å². The van der Waals surface area contributed by atoms with Gasteiger partial charge in [-0.1, -0.05) is 0 Å². The summed E-state index contributed by atoms with van der Waals surface area (Å²) in [6, 6.07) is 0. The van der Waals surface area contributed by atoms with Gasteiger partial charge in [0.1, 0.15) is 0 Å². The number of hydrogen-bond acceptors (Lipinski definition) is 3. The van der Waals surface area contributed by atoms with Crippen LogP contribution in [0.5, 0.6) is 0 Å². The molecule has 0 aromatic heterocycles. The Hall–Kier alpha value is -0.610. The molecule has 0 heterocycles. The van der Waals surface area contributed by atoms with Crippen molar-refractivity contribution in [3.05, 3.63) is 5.90 Å². The molecule has 0 radical (unpaired) electrons. The zero-order valence-corrected chi connectivity index (χ0v) is 5.35. The van der Waals surface area contributed by atoms with E-state index in [2.05, 4.69) is 9.57 Å². The van der Waals surface area contributed by atoms with Gasteiger partial charge in [0.2, 0.25) is 0 Å². The maximum absolute atomic E-state index is 10.3. The number of carbonyl (C=O) groups is 1. The molecule has 0 aliphatic rings. The third-order valence-electron chi connectivity index (χ3n) is 0.855. The van der Waals surface area contributed by atoms with Gasteiger partial charge in [-0.25, -0.2) is 0 Å². The number of rotatable bonds is 4. The second-order valence-electron chi connectivity index (χ2n) is 1.53. The molecule has 0 amide bonds. The molecule has 0 unspecified atom stereocenters. The van der Waals surface area contributed by atoms with Gasteiger partial charge in [0.25, 0.3) is 0 Å². The molecule has 0 bridgehead atoms. The van der Waals surface area contributed by atoms with Crippen molar-refractivity contribution in [3.63, 3.8) is 0 Å². The summed E-state index contributed by atoms with van der Waals surface area (Å²) in [6.45, 7) is 0.287. The van der Waals surface area contributed by atoms with E-state index in [1.54, 1.807) is 0 Å². The van der Waals surface area contributed by atoms with Gasteiger partial charge < -0.3 is 15.5 Å². The maximum atomic E-state index is 10.3. The molecule has 0 aliphatic heterocycles. The first-order valence-electron chi connectivity index (χ1n) is 2.66. The lowest BCUT2D eigenvalue weighted by atomic mass is 10.3. The van der Waals surface area contributed by atoms with Crippen molar-refractivity contribution in [2.24, 2.45) is 0 Å². The molecular formula is C5H10NO3-. The van der Waals surface area contributed by atoms with Crippen LogP contribution in [0.2, 0.25) is 0 Å². The van der Waals surface area contributed by atoms with E-state index in [1.165, 1.54) is 7.11 Å². The molecule has 0 aromatic carbocycles. The zero-order valence-electron chi connectivity index (χ0n) is 5.35. The lowest BCUT2D eigenvalue weighted by Crippen LogP contribution is -2.00. The van der Waals surface area contributed by atoms with Gasteiger partial charge in [-0.05, 0) is 6.42 Å². The lowest BCUT2D eigenvalue weighted by Gasteiger charge is -2.02. The fourth-order valence-electron chi connectivity index (χ4n) is 0.391. The standard InChI is InChI=1S/C5H10NO3/c1-8-5(7)3-2-4-9-6/h6H,2-4H2,1H3/q-1. The highest BCUT2D eigenvalue weighted by atomic mass is 16.6. The van der Waals surface area contributed by atoms with Crippen LogP contribution in [0.1, 0.15) is 12.8 Å². The normalized spacial score (nSPS) is 9.11. The van der Waals surface area contributed by atoms with Crippen LogP contribution < -0.4 is 0 Å². The number of esters is 1. The Morgan fingerprint density at radius 3 is 2.78 bits per heavy atom. The van der Waals surface area contributed by atoms with Crippen molar-refractivity contribution in [1.29, 1.82) is 0 Å². The summed E-state index contributed by atoms with van der Waals surface area (Å²) in [5.74, 6) is 5.99. The van der Waals surface area contributed by atoms with Crippen molar-refractivity contribution in [2.45, 2.75) is 12.8 Å². The van der Waals surface area contributed by atoms with Gasteiger partial charge in [0, 0.05) is 13.0 Å². The van der Waals surface area contributed by atoms with Crippen LogP contribution in [0, 0.1) is 0 Å². The van der Waals surface area contributed by atoms with Crippen molar-refractivity contribution >= 4 is 5.97 Å². The second kappa shape index (κ2) is 5.53. The highest BCUT2D eigenvalue weighted by molar-refractivity contribution is 5.68. The lowest BCUT2D eigenvalue weighted by molar-refractivity contribution is -0.140. The maximum Gasteiger partial charge on any atom is 0.305 e. The Morgan fingerprint density at radius 1 is 1.67 bits per heavy atom. The molecule has 0 spiro atoms. The second-order valence-corrected chi connectivity index (χ2v) is 1.53. The first-order chi connectivity index (χ1) is 4.31. The Morgan fingerprint density at radius 2 is 2.33 bits per heavy atom. The van der Waals surface area contributed by atoms with Crippen molar-refractivity contribution in [1.82, 2.24) is 0 Å². The van der Waals surface area contributed by atoms with Crippen LogP contribution in [0.4, 0.5) is 0 Å². The topological polar surface area (TPSA) is 59.3 Å². The van der Waals surface area contributed by atoms with Gasteiger partial charge >= 0.3 is 5.97 Å². The Balaban J connectivity index is 2.97. The van der Waals surface area contributed by atoms with Crippen LogP contribution in [0.3, 0.4) is 0 Å². The quantitative estimate of drug-likeness (QED) is 0.324. The Bertz CT molecular complexity index is 84.3. The molecule has 0 aliphatic carbocycles. The van der Waals surface area contributed by atoms with Gasteiger partial charge in [-0.15, -0.1) is 0 Å². The van der Waals surface area contributed by atoms with Gasteiger partial charge in [-0.3, -0.25) is 4.79 Å². The van der Waals surface area contributed by atoms with E-state index in [0.717, 1.165) is 0 Å². The predicted octanol–water partition coefficient (Wildman–Crippen LogP) is 0.923. The average molecular weight is 132 g/mol. The van der Waals surface area contributed by atoms with E-state index in [4.69, 9.17) is 5.90 Å². The van der Waals surface area contributed by atoms with Gasteiger partial charge in [0.15, 0.2) is 0 Å². The molecule has 0 rings (SSSR count). The summed E-state index contributed by atoms with van der Waals surface area (Å²) < 4.78 is 4.34. The average Bonchev–Trinajstić information content (AvgIpc) is 1.89. The molecule has 4 nitrogen and oxygen atoms in total. The summed E-state index contributed by atoms with van der Waals surface area (Å²) in [6.07, 6.45) is 0.881. The largest absolute Gasteiger partial charge is 0.549 e. The van der Waals surface area contributed by atoms with Crippen LogP contribution >= 0.6 is 0 Å². The molecule has 0 saturated carbocycles. The molecule has 54 valence electrons. The molecule has 4 heteroatoms. The summed E-state index contributed by atoms with van der Waals surface area (Å²) in [4.78, 5) is 14.3. The first-order valence-corrected chi connectivity index (χ1v) is 2.66. The summed E-state index contributed by atoms with van der Waals surface area (Å²) in [5.41, 5.74) is 0. The first kappa shape index (κ1) is 8.39. The summed E-state index contributed by atoms with van der Waals surface area (Å²) >= 11 is 0. The SMILES string of the molecule is COC(=O)CCCO[NH-]. The molecule has 9 heavy (non-hydrogen) atoms. The summed E-state index contributed by atoms with van der Waals surface area (Å²) in [7, 11) is 1.34. The monoisotopic (exact) mass is 132 g/mol. The fraction of sp³-hybridized carbons (Fsp3) is 0.800. The fourth-order valence-corrected chi connectivity index (χ4v) is 0.391. The van der Waals surface area contributed by atoms with Crippen LogP contribution in [0.15, 0.2) is 0 Å². The van der Waals surface area contributed by atoms with Crippen LogP contribution in [-0.4, -0.2) is 19.7 Å². The van der Waals surface area contributed by atoms with E-state index in [-0.39, 0.29) is 12.6 Å². The predicted molar refractivity (Wildman–Crippen MR) is 31.5 cm³/mol. The van der Waals surface area contributed by atoms with Gasteiger partial charge in [0.05, 0.1) is 7.11 Å². The zero-order chi connectivity index (χ0) is 7.11. The number of nitrogens with one attached hydrogen (secondary N) is 1. The van der Waals surface area contributed by atoms with Crippen molar-refractivity contribution < 1.29 is 14.4 Å². The third-order valence-corrected chi connectivity index (χ3v) is 0.855. The minimum absolute atomic E-state index is 0.257. The Kier molecular flexibility index (Phi) is 5.15. The minimum Gasteiger partial charge on any atom is -0.549 e. The van der Waals surface area contributed by atoms with Crippen molar-refractivity contribution in [3.8, 4) is 0 Å².